The number of nitrogens with one attached hydrogen (secondary N) is 2. The number of hydrogen-bond acceptors (Lipinski definition) is 3. The van der Waals surface area contributed by atoms with Crippen molar-refractivity contribution >= 4 is 16.1 Å². The van der Waals surface area contributed by atoms with Crippen LogP contribution in [0.4, 0.5) is 4.79 Å². The van der Waals surface area contributed by atoms with Gasteiger partial charge in [0.2, 0.25) is 10.0 Å². The fourth-order valence-electron chi connectivity index (χ4n) is 4.10. The normalized spacial score (nSPS) is 21.2. The lowest BCUT2D eigenvalue weighted by atomic mass is 9.97. The predicted octanol–water partition coefficient (Wildman–Crippen LogP) is 4.52. The van der Waals surface area contributed by atoms with E-state index in [0.29, 0.717) is 18.0 Å². The number of hydrogen-bond donors (Lipinski definition) is 2. The quantitative estimate of drug-likeness (QED) is 0.728. The Morgan fingerprint density at radius 1 is 0.931 bits per heavy atom. The van der Waals surface area contributed by atoms with Gasteiger partial charge in [0.15, 0.2) is 0 Å². The highest BCUT2D eigenvalue weighted by atomic mass is 32.2. The van der Waals surface area contributed by atoms with Crippen LogP contribution in [0.2, 0.25) is 0 Å². The zero-order chi connectivity index (χ0) is 19.1. The first-order valence-corrected chi connectivity index (χ1v) is 11.6. The van der Waals surface area contributed by atoms with Crippen LogP contribution in [0, 0.1) is 0 Å². The lowest BCUT2D eigenvalue weighted by molar-refractivity contribution is 0.231. The molecule has 0 aromatic heterocycles. The smallest absolute Gasteiger partial charge is 0.315 e. The second kappa shape index (κ2) is 12.2. The van der Waals surface area contributed by atoms with Gasteiger partial charge in [-0.2, -0.15) is 4.31 Å². The second-order valence-corrected chi connectivity index (χ2v) is 9.51. The average molecular weight is 426 g/mol. The van der Waals surface area contributed by atoms with Crippen LogP contribution in [-0.4, -0.2) is 43.9 Å². The number of benzene rings is 1. The largest absolute Gasteiger partial charge is 0.337 e. The minimum atomic E-state index is -3.51. The summed E-state index contributed by atoms with van der Waals surface area (Å²) in [5.74, 6) is 0. The van der Waals surface area contributed by atoms with Gasteiger partial charge in [-0.3, -0.25) is 0 Å². The number of carbonyl (C=O) groups is 1. The number of sulfonamides is 1. The van der Waals surface area contributed by atoms with Gasteiger partial charge >= 0.3 is 6.03 Å². The topological polar surface area (TPSA) is 78.5 Å². The van der Waals surface area contributed by atoms with Gasteiger partial charge in [0.1, 0.15) is 0 Å². The summed E-state index contributed by atoms with van der Waals surface area (Å²) in [7, 11) is -3.51. The van der Waals surface area contributed by atoms with E-state index in [0.717, 1.165) is 38.5 Å². The summed E-state index contributed by atoms with van der Waals surface area (Å²) < 4.78 is 27.3. The monoisotopic (exact) mass is 425 g/mol. The Labute approximate surface area is 177 Å². The molecule has 1 aromatic rings. The first-order valence-electron chi connectivity index (χ1n) is 10.2. The molecule has 1 saturated carbocycles. The Balaban J connectivity index is 0.00000210. The summed E-state index contributed by atoms with van der Waals surface area (Å²) >= 11 is 0. The maximum Gasteiger partial charge on any atom is 0.315 e. The summed E-state index contributed by atoms with van der Waals surface area (Å²) in [6, 6.07) is 8.40. The maximum absolute atomic E-state index is 12.9. The molecule has 166 valence electrons. The van der Waals surface area contributed by atoms with Crippen molar-refractivity contribution in [2.45, 2.75) is 89.6 Å². The molecule has 0 radical (unpaired) electrons. The lowest BCUT2D eigenvalue weighted by Crippen LogP contribution is -2.48. The highest BCUT2D eigenvalue weighted by Crippen LogP contribution is 2.25. The molecule has 2 aliphatic rings. The molecule has 1 atom stereocenters. The van der Waals surface area contributed by atoms with Crippen molar-refractivity contribution < 1.29 is 13.2 Å². The Morgan fingerprint density at radius 3 is 2.21 bits per heavy atom. The molecule has 1 heterocycles. The van der Waals surface area contributed by atoms with Crippen molar-refractivity contribution in [3.05, 3.63) is 30.3 Å². The van der Waals surface area contributed by atoms with Crippen LogP contribution < -0.4 is 10.6 Å². The molecule has 1 aromatic carbocycles. The molecule has 2 amide bonds. The van der Waals surface area contributed by atoms with Gasteiger partial charge < -0.3 is 10.6 Å². The second-order valence-electron chi connectivity index (χ2n) is 7.62. The van der Waals surface area contributed by atoms with E-state index < -0.39 is 10.0 Å². The number of urea groups is 1. The number of nitrogens with zero attached hydrogens (tertiary/aromatic N) is 1. The third-order valence-electron chi connectivity index (χ3n) is 5.61. The Kier molecular flexibility index (Phi) is 10.7. The molecule has 1 unspecified atom stereocenters. The number of carbonyl (C=O) groups excluding carboxylic acids is 1. The molecular weight excluding hydrogens is 386 g/mol. The molecular formula is C22H39N3O3S. The van der Waals surface area contributed by atoms with E-state index in [1.165, 1.54) is 19.3 Å². The van der Waals surface area contributed by atoms with Crippen LogP contribution in [0.1, 0.15) is 72.6 Å². The van der Waals surface area contributed by atoms with Gasteiger partial charge in [-0.05, 0) is 37.8 Å². The van der Waals surface area contributed by atoms with Gasteiger partial charge in [0.05, 0.1) is 4.90 Å². The van der Waals surface area contributed by atoms with E-state index in [9.17, 15) is 13.2 Å². The third-order valence-corrected chi connectivity index (χ3v) is 7.58. The van der Waals surface area contributed by atoms with Gasteiger partial charge in [0.25, 0.3) is 0 Å². The van der Waals surface area contributed by atoms with Crippen molar-refractivity contribution in [3.8, 4) is 0 Å². The lowest BCUT2D eigenvalue weighted by Gasteiger charge is -2.25. The van der Waals surface area contributed by atoms with Crippen LogP contribution >= 0.6 is 0 Å². The zero-order valence-electron chi connectivity index (χ0n) is 15.9. The number of amides is 2. The molecule has 0 spiro atoms. The molecule has 7 heteroatoms. The van der Waals surface area contributed by atoms with Gasteiger partial charge in [-0.25, -0.2) is 13.2 Å². The fraction of sp³-hybridized carbons (Fsp3) is 0.682. The van der Waals surface area contributed by atoms with E-state index in [4.69, 9.17) is 0 Å². The Morgan fingerprint density at radius 2 is 1.55 bits per heavy atom. The molecule has 2 fully saturated rings. The number of rotatable bonds is 5. The van der Waals surface area contributed by atoms with Gasteiger partial charge in [-0.1, -0.05) is 65.2 Å². The highest BCUT2D eigenvalue weighted by molar-refractivity contribution is 7.89. The highest BCUT2D eigenvalue weighted by Gasteiger charge is 2.35. The average Bonchev–Trinajstić information content (AvgIpc) is 3.12. The molecule has 2 N–H and O–H groups in total. The summed E-state index contributed by atoms with van der Waals surface area (Å²) in [5.41, 5.74) is 0. The van der Waals surface area contributed by atoms with Crippen LogP contribution in [0.3, 0.4) is 0 Å². The van der Waals surface area contributed by atoms with Gasteiger partial charge in [0, 0.05) is 25.2 Å². The Bertz CT molecular complexity index is 701. The van der Waals surface area contributed by atoms with E-state index in [2.05, 4.69) is 10.6 Å². The van der Waals surface area contributed by atoms with E-state index in [1.54, 1.807) is 28.6 Å². The minimum absolute atomic E-state index is 0. The van der Waals surface area contributed by atoms with Crippen molar-refractivity contribution in [1.29, 1.82) is 0 Å². The Hall–Kier alpha value is -1.60. The summed E-state index contributed by atoms with van der Waals surface area (Å²) in [6.07, 6.45) is 9.77. The molecule has 6 nitrogen and oxygen atoms in total. The third kappa shape index (κ3) is 7.00. The molecule has 3 rings (SSSR count). The van der Waals surface area contributed by atoms with Gasteiger partial charge in [-0.15, -0.1) is 0 Å². The summed E-state index contributed by atoms with van der Waals surface area (Å²) in [6.45, 7) is 0.860. The maximum atomic E-state index is 12.9. The standard InChI is InChI=1S/C20H31N3O3S.2CH4/c24-20(22-17-10-5-2-1-3-6-11-17)21-16-18-12-9-15-23(18)27(25,26)19-13-7-4-8-14-19;;/h4,7-8,13-14,17-18H,1-3,5-6,9-12,15-16H2,(H2,21,22,24);2*1H4. The SMILES string of the molecule is C.C.O=C(NCC1CCCN1S(=O)(=O)c1ccccc1)NC1CCCCCCC1. The minimum Gasteiger partial charge on any atom is -0.337 e. The predicted molar refractivity (Wildman–Crippen MR) is 119 cm³/mol. The van der Waals surface area contributed by atoms with Crippen molar-refractivity contribution in [2.75, 3.05) is 13.1 Å². The summed E-state index contributed by atoms with van der Waals surface area (Å²) in [4.78, 5) is 12.6. The molecule has 1 aliphatic carbocycles. The first kappa shape index (κ1) is 25.4. The van der Waals surface area contributed by atoms with Crippen LogP contribution in [0.15, 0.2) is 35.2 Å². The first-order chi connectivity index (χ1) is 13.1. The van der Waals surface area contributed by atoms with E-state index >= 15 is 0 Å². The molecule has 29 heavy (non-hydrogen) atoms. The van der Waals surface area contributed by atoms with E-state index in [1.807, 2.05) is 6.07 Å². The van der Waals surface area contributed by atoms with E-state index in [-0.39, 0.29) is 33.0 Å². The van der Waals surface area contributed by atoms with Crippen molar-refractivity contribution in [1.82, 2.24) is 14.9 Å². The molecule has 1 saturated heterocycles. The molecule has 1 aliphatic heterocycles. The fourth-order valence-corrected chi connectivity index (χ4v) is 5.82. The van der Waals surface area contributed by atoms with Crippen LogP contribution in [0.25, 0.3) is 0 Å². The van der Waals surface area contributed by atoms with Crippen LogP contribution in [0.5, 0.6) is 0 Å². The van der Waals surface area contributed by atoms with Crippen molar-refractivity contribution in [3.63, 3.8) is 0 Å². The molecule has 0 bridgehead atoms. The zero-order valence-corrected chi connectivity index (χ0v) is 16.7. The summed E-state index contributed by atoms with van der Waals surface area (Å²) in [5, 5.41) is 5.98. The van der Waals surface area contributed by atoms with Crippen LogP contribution in [-0.2, 0) is 10.0 Å². The van der Waals surface area contributed by atoms with Crippen molar-refractivity contribution in [2.24, 2.45) is 0 Å².